The Morgan fingerprint density at radius 3 is 2.28 bits per heavy atom. The highest BCUT2D eigenvalue weighted by atomic mass is 32.1. The molecule has 3 aromatic carbocycles. The number of thiazole rings is 1. The molecule has 1 atom stereocenters. The molecule has 54 heavy (non-hydrogen) atoms. The van der Waals surface area contributed by atoms with Gasteiger partial charge in [0, 0.05) is 17.0 Å². The summed E-state index contributed by atoms with van der Waals surface area (Å²) in [6, 6.07) is 20.5. The summed E-state index contributed by atoms with van der Waals surface area (Å²) in [5.41, 5.74) is 9.57. The molecule has 0 spiro atoms. The molecule has 0 saturated heterocycles. The number of benzene rings is 3. The minimum Gasteiger partial charge on any atom is -0.542 e. The quantitative estimate of drug-likeness (QED) is 0.131. The van der Waals surface area contributed by atoms with Crippen LogP contribution in [0.1, 0.15) is 51.5 Å². The van der Waals surface area contributed by atoms with Gasteiger partial charge in [-0.3, -0.25) is 4.79 Å². The number of halogens is 3. The number of amides is 3. The molecule has 0 fully saturated rings. The van der Waals surface area contributed by atoms with E-state index in [-0.39, 0.29) is 24.8 Å². The van der Waals surface area contributed by atoms with E-state index in [1.165, 1.54) is 17.0 Å². The Morgan fingerprint density at radius 1 is 1.06 bits per heavy atom. The van der Waals surface area contributed by atoms with E-state index in [1.807, 2.05) is 41.9 Å². The van der Waals surface area contributed by atoms with Gasteiger partial charge in [0.25, 0.3) is 0 Å². The number of urea groups is 1. The highest BCUT2D eigenvalue weighted by Crippen LogP contribution is 2.23. The molecule has 0 bridgehead atoms. The standard InChI is InChI=1S/C35H34N6O5S.C2HF3O2/c1-22(2)46-33(44)27-9-11-28(12-10-27)38-34(45)41(31(32(37)43)16-24-7-13-30(42)14-8-24)21-29-20-39-18-23(3)47-35(39)40(29)19-26-6-4-5-25(15-26)17-36;3-2(4,5)1(6)7/h4-15,18,20,22,31H,16,19,21H2,1-3H3,(H3-,37,38,42,43,44,45);(H,6,7)/t31-;/m0./s1. The van der Waals surface area contributed by atoms with Gasteiger partial charge in [-0.2, -0.15) is 22.8 Å². The molecule has 13 nitrogen and oxygen atoms in total. The lowest BCUT2D eigenvalue weighted by molar-refractivity contribution is -0.506. The van der Waals surface area contributed by atoms with Crippen LogP contribution in [0.4, 0.5) is 23.7 Å². The molecule has 17 heteroatoms. The average molecular weight is 765 g/mol. The molecule has 282 valence electrons. The van der Waals surface area contributed by atoms with Crippen molar-refractivity contribution in [1.82, 2.24) is 9.47 Å². The second-order valence-electron chi connectivity index (χ2n) is 12.2. The molecule has 0 aliphatic carbocycles. The number of nitrogens with one attached hydrogen (secondary N) is 1. The third-order valence-electron chi connectivity index (χ3n) is 7.67. The first-order chi connectivity index (χ1) is 25.4. The molecule has 0 radical (unpaired) electrons. The number of phenolic OH excluding ortho intramolecular Hbond substituents is 1. The number of carboxylic acids is 1. The number of phenols is 1. The number of carboxylic acid groups (broad SMARTS) is 1. The Bertz CT molecular complexity index is 2180. The molecule has 0 unspecified atom stereocenters. The van der Waals surface area contributed by atoms with Crippen LogP contribution in [-0.2, 0) is 33.8 Å². The number of carbonyl (C=O) groups excluding carboxylic acids is 4. The van der Waals surface area contributed by atoms with E-state index in [1.54, 1.807) is 67.6 Å². The van der Waals surface area contributed by atoms with Crippen molar-refractivity contribution >= 4 is 45.9 Å². The maximum Gasteiger partial charge on any atom is 0.430 e. The number of fused-ring (bicyclic) bond motifs is 1. The van der Waals surface area contributed by atoms with E-state index in [9.17, 15) is 37.9 Å². The largest absolute Gasteiger partial charge is 0.542 e. The number of alkyl halides is 3. The Kier molecular flexibility index (Phi) is 13.0. The number of nitriles is 1. The van der Waals surface area contributed by atoms with Gasteiger partial charge in [0.2, 0.25) is 5.91 Å². The fourth-order valence-electron chi connectivity index (χ4n) is 5.22. The lowest BCUT2D eigenvalue weighted by Gasteiger charge is -2.29. The van der Waals surface area contributed by atoms with Crippen LogP contribution in [-0.4, -0.2) is 56.8 Å². The molecule has 0 aliphatic rings. The maximum atomic E-state index is 14.1. The normalized spacial score (nSPS) is 11.6. The molecule has 5 rings (SSSR count). The number of ether oxygens (including phenoxy) is 1. The summed E-state index contributed by atoms with van der Waals surface area (Å²) < 4.78 is 40.8. The molecule has 5 aromatic rings. The number of esters is 1. The van der Waals surface area contributed by atoms with Crippen molar-refractivity contribution in [3.8, 4) is 11.8 Å². The van der Waals surface area contributed by atoms with Crippen LogP contribution in [0.2, 0.25) is 0 Å². The van der Waals surface area contributed by atoms with Crippen LogP contribution in [0.25, 0.3) is 4.96 Å². The van der Waals surface area contributed by atoms with Gasteiger partial charge in [-0.15, -0.1) is 0 Å². The number of carbonyl (C=O) groups is 4. The molecule has 4 N–H and O–H groups in total. The van der Waals surface area contributed by atoms with E-state index >= 15 is 0 Å². The summed E-state index contributed by atoms with van der Waals surface area (Å²) in [5.74, 6) is -4.11. The number of nitrogens with two attached hydrogens (primary N) is 1. The molecule has 3 amide bonds. The predicted octanol–water partition coefficient (Wildman–Crippen LogP) is 4.22. The predicted molar refractivity (Wildman–Crippen MR) is 188 cm³/mol. The van der Waals surface area contributed by atoms with Crippen molar-refractivity contribution in [3.63, 3.8) is 0 Å². The minimum atomic E-state index is -5.19. The van der Waals surface area contributed by atoms with Crippen molar-refractivity contribution in [3.05, 3.63) is 118 Å². The van der Waals surface area contributed by atoms with Crippen molar-refractivity contribution in [2.75, 3.05) is 5.32 Å². The number of hydrogen-bond donors (Lipinski definition) is 3. The number of nitrogens with zero attached hydrogens (tertiary/aromatic N) is 4. The first kappa shape index (κ1) is 40.4. The second-order valence-corrected chi connectivity index (χ2v) is 13.4. The van der Waals surface area contributed by atoms with E-state index in [0.29, 0.717) is 28.9 Å². The fourth-order valence-corrected chi connectivity index (χ4v) is 6.17. The third-order valence-corrected chi connectivity index (χ3v) is 8.71. The summed E-state index contributed by atoms with van der Waals surface area (Å²) in [6.45, 7) is 5.97. The number of imidazole rings is 1. The monoisotopic (exact) mass is 764 g/mol. The number of aliphatic carboxylic acids is 1. The second kappa shape index (κ2) is 17.4. The van der Waals surface area contributed by atoms with E-state index in [2.05, 4.69) is 16.0 Å². The fraction of sp³-hybridized carbons (Fsp3) is 0.243. The van der Waals surface area contributed by atoms with Crippen LogP contribution in [0.3, 0.4) is 0 Å². The van der Waals surface area contributed by atoms with Gasteiger partial charge in [0.1, 0.15) is 36.7 Å². The Labute approximate surface area is 311 Å². The first-order valence-corrected chi connectivity index (χ1v) is 17.0. The number of aryl methyl sites for hydroxylation is 1. The lowest BCUT2D eigenvalue weighted by Crippen LogP contribution is -2.50. The van der Waals surface area contributed by atoms with Crippen molar-refractivity contribution in [1.29, 1.82) is 5.26 Å². The van der Waals surface area contributed by atoms with E-state index < -0.39 is 36.1 Å². The summed E-state index contributed by atoms with van der Waals surface area (Å²) >= 11 is 1.58. The number of aromatic nitrogens is 2. The molecular formula is C37H35F3N6O7S. The summed E-state index contributed by atoms with van der Waals surface area (Å²) in [5, 5.41) is 30.9. The van der Waals surface area contributed by atoms with Crippen molar-refractivity contribution in [2.24, 2.45) is 5.73 Å². The average Bonchev–Trinajstić information content (AvgIpc) is 3.62. The number of primary amides is 1. The van der Waals surface area contributed by atoms with Crippen LogP contribution < -0.4 is 20.6 Å². The Morgan fingerprint density at radius 2 is 1.70 bits per heavy atom. The van der Waals surface area contributed by atoms with Gasteiger partial charge in [0.05, 0.1) is 29.8 Å². The number of rotatable bonds is 11. The molecule has 0 saturated carbocycles. The van der Waals surface area contributed by atoms with Gasteiger partial charge < -0.3 is 35.7 Å². The van der Waals surface area contributed by atoms with E-state index in [4.69, 9.17) is 20.4 Å². The van der Waals surface area contributed by atoms with Gasteiger partial charge in [-0.05, 0) is 80.4 Å². The highest BCUT2D eigenvalue weighted by Gasteiger charge is 2.33. The maximum absolute atomic E-state index is 14.1. The van der Waals surface area contributed by atoms with Crippen molar-refractivity contribution in [2.45, 2.75) is 58.6 Å². The van der Waals surface area contributed by atoms with Crippen LogP contribution >= 0.6 is 11.3 Å². The first-order valence-electron chi connectivity index (χ1n) is 16.2. The van der Waals surface area contributed by atoms with Crippen LogP contribution in [0.15, 0.2) is 85.2 Å². The molecule has 0 aliphatic heterocycles. The topological polar surface area (TPSA) is 195 Å². The number of anilines is 1. The summed E-state index contributed by atoms with van der Waals surface area (Å²) in [4.78, 5) is 51.6. The Balaban J connectivity index is 0.000000845. The molecule has 2 heterocycles. The minimum absolute atomic E-state index is 0.0156. The molecular weight excluding hydrogens is 730 g/mol. The van der Waals surface area contributed by atoms with Gasteiger partial charge >= 0.3 is 23.1 Å². The zero-order valence-corrected chi connectivity index (χ0v) is 30.0. The zero-order valence-electron chi connectivity index (χ0n) is 29.2. The Hall–Kier alpha value is -6.41. The van der Waals surface area contributed by atoms with Crippen LogP contribution in [0.5, 0.6) is 5.75 Å². The van der Waals surface area contributed by atoms with Crippen LogP contribution in [0, 0.1) is 18.3 Å². The van der Waals surface area contributed by atoms with Crippen molar-refractivity contribution < 1.29 is 51.7 Å². The number of aromatic hydroxyl groups is 1. The SMILES string of the molecule is Cc1c[n+]2cc(CN(C(=O)Nc3ccc(C(=O)OC(C)C)cc3)[C@@H](Cc3ccc(O)cc3)C(N)=O)n(Cc3cccc(C#N)c3)c2s1.O=C([O-])C(F)(F)F. The van der Waals surface area contributed by atoms with Gasteiger partial charge in [0.15, 0.2) is 5.69 Å². The zero-order chi connectivity index (χ0) is 39.7. The summed E-state index contributed by atoms with van der Waals surface area (Å²) in [6.07, 6.45) is -1.46. The highest BCUT2D eigenvalue weighted by molar-refractivity contribution is 7.16. The summed E-state index contributed by atoms with van der Waals surface area (Å²) in [7, 11) is 0. The lowest BCUT2D eigenvalue weighted by atomic mass is 10.0. The molecule has 2 aromatic heterocycles. The van der Waals surface area contributed by atoms with Gasteiger partial charge in [-0.1, -0.05) is 35.6 Å². The smallest absolute Gasteiger partial charge is 0.430 e. The third kappa shape index (κ3) is 10.8. The van der Waals surface area contributed by atoms with E-state index in [0.717, 1.165) is 21.1 Å². The van der Waals surface area contributed by atoms with Gasteiger partial charge in [-0.25, -0.2) is 14.2 Å². The number of hydrogen-bond acceptors (Lipinski definition) is 9.